The van der Waals surface area contributed by atoms with Gasteiger partial charge < -0.3 is 10.0 Å². The smallest absolute Gasteiger partial charge is 0.407 e. The fourth-order valence-corrected chi connectivity index (χ4v) is 5.16. The van der Waals surface area contributed by atoms with Gasteiger partial charge in [0.05, 0.1) is 20.5 Å². The molecule has 0 aliphatic carbocycles. The van der Waals surface area contributed by atoms with Crippen LogP contribution in [0.25, 0.3) is 0 Å². The molecule has 1 aliphatic heterocycles. The van der Waals surface area contributed by atoms with Crippen molar-refractivity contribution in [1.29, 1.82) is 0 Å². The summed E-state index contributed by atoms with van der Waals surface area (Å²) < 4.78 is 108. The number of benzene rings is 1. The third-order valence-electron chi connectivity index (χ3n) is 4.97. The van der Waals surface area contributed by atoms with Gasteiger partial charge in [-0.05, 0) is 37.5 Å². The van der Waals surface area contributed by atoms with E-state index in [0.717, 1.165) is 18.2 Å². The number of carbonyl (C=O) groups is 1. The van der Waals surface area contributed by atoms with Crippen LogP contribution in [0.5, 0.6) is 0 Å². The summed E-state index contributed by atoms with van der Waals surface area (Å²) in [7, 11) is -4.66. The zero-order valence-electron chi connectivity index (χ0n) is 15.4. The van der Waals surface area contributed by atoms with Gasteiger partial charge in [-0.15, -0.1) is 0 Å². The van der Waals surface area contributed by atoms with E-state index in [-0.39, 0.29) is 27.8 Å². The molecule has 0 radical (unpaired) electrons. The third kappa shape index (κ3) is 5.49. The number of likely N-dealkylation sites (tertiary alicyclic amines) is 1. The Bertz CT molecular complexity index is 927. The number of rotatable bonds is 5. The minimum absolute atomic E-state index is 0.0238. The highest BCUT2D eigenvalue weighted by molar-refractivity contribution is 7.89. The summed E-state index contributed by atoms with van der Waals surface area (Å²) >= 11 is 11.4. The Labute approximate surface area is 183 Å². The van der Waals surface area contributed by atoms with Gasteiger partial charge in [0.15, 0.2) is 5.92 Å². The number of carboxylic acid groups (broad SMARTS) is 1. The summed E-state index contributed by atoms with van der Waals surface area (Å²) in [6.45, 7) is -2.07. The highest BCUT2D eigenvalue weighted by Crippen LogP contribution is 2.51. The van der Waals surface area contributed by atoms with Crippen molar-refractivity contribution in [2.45, 2.75) is 42.0 Å². The maximum atomic E-state index is 13.6. The molecule has 176 valence electrons. The van der Waals surface area contributed by atoms with Crippen LogP contribution in [-0.4, -0.2) is 55.5 Å². The van der Waals surface area contributed by atoms with Gasteiger partial charge in [0.1, 0.15) is 0 Å². The van der Waals surface area contributed by atoms with Gasteiger partial charge in [-0.1, -0.05) is 23.2 Å². The molecule has 0 spiro atoms. The fourth-order valence-electron chi connectivity index (χ4n) is 3.67. The SMILES string of the molecule is O=C(O)N1CCCCC1(CNS(=O)(=O)c1ccc(Cl)c(Cl)c1)C(C(F)(F)F)C(F)(F)F. The molecular weight excluding hydrogens is 501 g/mol. The van der Waals surface area contributed by atoms with Gasteiger partial charge in [-0.3, -0.25) is 0 Å². The molecule has 2 N–H and O–H groups in total. The zero-order valence-corrected chi connectivity index (χ0v) is 17.7. The van der Waals surface area contributed by atoms with Crippen molar-refractivity contribution < 1.29 is 44.7 Å². The number of alkyl halides is 6. The molecule has 1 amide bonds. The minimum atomic E-state index is -5.89. The van der Waals surface area contributed by atoms with E-state index in [1.807, 2.05) is 0 Å². The van der Waals surface area contributed by atoms with Gasteiger partial charge in [0.2, 0.25) is 10.0 Å². The van der Waals surface area contributed by atoms with Crippen molar-refractivity contribution in [3.8, 4) is 0 Å². The standard InChI is InChI=1S/C16H16Cl2F6N2O4S/c17-10-4-3-9(7-11(10)18)31(29,30)25-8-14(5-1-2-6-26(14)13(27)28)12(15(19,20)21)16(22,23)24/h3-4,7,12,25H,1-2,5-6,8H2,(H,27,28). The average Bonchev–Trinajstić information content (AvgIpc) is 2.60. The summed E-state index contributed by atoms with van der Waals surface area (Å²) in [4.78, 5) is 11.0. The molecule has 0 bridgehead atoms. The number of hydrogen-bond acceptors (Lipinski definition) is 3. The van der Waals surface area contributed by atoms with Gasteiger partial charge in [-0.2, -0.15) is 26.3 Å². The van der Waals surface area contributed by atoms with Gasteiger partial charge >= 0.3 is 18.4 Å². The van der Waals surface area contributed by atoms with Crippen LogP contribution in [0, 0.1) is 5.92 Å². The van der Waals surface area contributed by atoms with Crippen molar-refractivity contribution in [3.63, 3.8) is 0 Å². The maximum absolute atomic E-state index is 13.6. The molecule has 2 rings (SSSR count). The fraction of sp³-hybridized carbons (Fsp3) is 0.562. The zero-order chi connectivity index (χ0) is 23.8. The first kappa shape index (κ1) is 25.8. The van der Waals surface area contributed by atoms with E-state index < -0.39 is 64.3 Å². The summed E-state index contributed by atoms with van der Waals surface area (Å²) in [6.07, 6.45) is -14.8. The lowest BCUT2D eigenvalue weighted by Gasteiger charge is -2.50. The summed E-state index contributed by atoms with van der Waals surface area (Å²) in [5, 5.41) is 9.10. The lowest BCUT2D eigenvalue weighted by molar-refractivity contribution is -0.316. The van der Waals surface area contributed by atoms with Crippen LogP contribution in [0.3, 0.4) is 0 Å². The lowest BCUT2D eigenvalue weighted by atomic mass is 9.75. The molecule has 1 fully saturated rings. The molecule has 6 nitrogen and oxygen atoms in total. The molecule has 1 aromatic rings. The number of piperidine rings is 1. The van der Waals surface area contributed by atoms with E-state index in [4.69, 9.17) is 23.2 Å². The van der Waals surface area contributed by atoms with Crippen LogP contribution >= 0.6 is 23.2 Å². The minimum Gasteiger partial charge on any atom is -0.465 e. The molecule has 1 heterocycles. The Morgan fingerprint density at radius 2 is 1.71 bits per heavy atom. The van der Waals surface area contributed by atoms with Crippen molar-refractivity contribution in [1.82, 2.24) is 9.62 Å². The average molecular weight is 517 g/mol. The van der Waals surface area contributed by atoms with Crippen LogP contribution < -0.4 is 4.72 Å². The largest absolute Gasteiger partial charge is 0.465 e. The number of nitrogens with zero attached hydrogens (tertiary/aromatic N) is 1. The molecule has 1 aromatic carbocycles. The normalized spacial score (nSPS) is 20.9. The Morgan fingerprint density at radius 1 is 1.13 bits per heavy atom. The highest BCUT2D eigenvalue weighted by atomic mass is 35.5. The van der Waals surface area contributed by atoms with E-state index >= 15 is 0 Å². The van der Waals surface area contributed by atoms with Gasteiger partial charge in [-0.25, -0.2) is 17.9 Å². The summed E-state index contributed by atoms with van der Waals surface area (Å²) in [5.74, 6) is -4.11. The molecule has 1 aliphatic rings. The second-order valence-electron chi connectivity index (χ2n) is 6.91. The second-order valence-corrected chi connectivity index (χ2v) is 9.49. The number of halogens is 8. The second kappa shape index (κ2) is 8.83. The molecule has 0 aromatic heterocycles. The van der Waals surface area contributed by atoms with Crippen LogP contribution in [-0.2, 0) is 10.0 Å². The Kier molecular flexibility index (Phi) is 7.36. The van der Waals surface area contributed by atoms with Crippen LogP contribution in [0.4, 0.5) is 31.1 Å². The Balaban J connectivity index is 2.55. The van der Waals surface area contributed by atoms with Crippen LogP contribution in [0.15, 0.2) is 23.1 Å². The van der Waals surface area contributed by atoms with Crippen molar-refractivity contribution in [2.75, 3.05) is 13.1 Å². The third-order valence-corrected chi connectivity index (χ3v) is 7.11. The summed E-state index contributed by atoms with van der Waals surface area (Å²) in [6, 6.07) is 2.89. The van der Waals surface area contributed by atoms with Gasteiger partial charge in [0, 0.05) is 13.1 Å². The molecule has 1 saturated heterocycles. The maximum Gasteiger partial charge on any atom is 0.407 e. The van der Waals surface area contributed by atoms with E-state index in [0.29, 0.717) is 0 Å². The molecule has 1 unspecified atom stereocenters. The predicted octanol–water partition coefficient (Wildman–Crippen LogP) is 4.92. The van der Waals surface area contributed by atoms with Crippen molar-refractivity contribution >= 4 is 39.3 Å². The number of nitrogens with one attached hydrogen (secondary N) is 1. The van der Waals surface area contributed by atoms with Crippen molar-refractivity contribution in [3.05, 3.63) is 28.2 Å². The van der Waals surface area contributed by atoms with Crippen molar-refractivity contribution in [2.24, 2.45) is 5.92 Å². The van der Waals surface area contributed by atoms with E-state index in [1.54, 1.807) is 4.72 Å². The van der Waals surface area contributed by atoms with Gasteiger partial charge in [0.25, 0.3) is 0 Å². The van der Waals surface area contributed by atoms with E-state index in [1.165, 1.54) is 0 Å². The monoisotopic (exact) mass is 516 g/mol. The quantitative estimate of drug-likeness (QED) is 0.544. The summed E-state index contributed by atoms with van der Waals surface area (Å²) in [5.41, 5.74) is -3.14. The molecule has 15 heteroatoms. The first-order valence-corrected chi connectivity index (χ1v) is 10.8. The number of hydrogen-bond donors (Lipinski definition) is 2. The predicted molar refractivity (Wildman–Crippen MR) is 98.6 cm³/mol. The Morgan fingerprint density at radius 3 is 2.19 bits per heavy atom. The first-order valence-electron chi connectivity index (χ1n) is 8.61. The first-order chi connectivity index (χ1) is 14.0. The highest BCUT2D eigenvalue weighted by Gasteiger charge is 2.69. The molecule has 31 heavy (non-hydrogen) atoms. The van der Waals surface area contributed by atoms with E-state index in [2.05, 4.69) is 0 Å². The van der Waals surface area contributed by atoms with Crippen LogP contribution in [0.2, 0.25) is 10.0 Å². The van der Waals surface area contributed by atoms with Crippen LogP contribution in [0.1, 0.15) is 19.3 Å². The van der Waals surface area contributed by atoms with E-state index in [9.17, 15) is 44.7 Å². The number of amides is 1. The lowest BCUT2D eigenvalue weighted by Crippen LogP contribution is -2.69. The number of sulfonamides is 1. The topological polar surface area (TPSA) is 86.7 Å². The Hall–Kier alpha value is -1.44. The molecule has 1 atom stereocenters. The molecule has 0 saturated carbocycles. The molecular formula is C16H16Cl2F6N2O4S.